The molecule has 0 saturated carbocycles. The Hall–Kier alpha value is -1.48. The van der Waals surface area contributed by atoms with E-state index in [1.54, 1.807) is 12.7 Å². The van der Waals surface area contributed by atoms with Gasteiger partial charge in [-0.15, -0.1) is 0 Å². The van der Waals surface area contributed by atoms with E-state index in [2.05, 4.69) is 37.1 Å². The van der Waals surface area contributed by atoms with Crippen molar-refractivity contribution < 1.29 is 9.47 Å². The molecule has 3 aliphatic rings. The van der Waals surface area contributed by atoms with Gasteiger partial charge in [0.15, 0.2) is 11.5 Å². The van der Waals surface area contributed by atoms with Crippen LogP contribution < -0.4 is 9.47 Å². The Morgan fingerprint density at radius 3 is 2.95 bits per heavy atom. The molecular formula is C18H23NO2. The maximum absolute atomic E-state index is 6.36. The molecule has 0 spiro atoms. The summed E-state index contributed by atoms with van der Waals surface area (Å²) in [6.45, 7) is 4.32. The molecule has 3 heteroatoms. The Balaban J connectivity index is 1.90. The molecule has 2 aliphatic heterocycles. The highest BCUT2D eigenvalue weighted by Crippen LogP contribution is 2.53. The first-order valence-electron chi connectivity index (χ1n) is 7.96. The van der Waals surface area contributed by atoms with Gasteiger partial charge in [-0.3, -0.25) is 4.90 Å². The molecule has 1 aliphatic carbocycles. The SMILES string of the molecule is CCC1C=C2CN(C)Cc3ccc(OC)c4c3C2C(C1)O4. The number of allylic oxidation sites excluding steroid dienone is 1. The molecule has 0 radical (unpaired) electrons. The first-order valence-corrected chi connectivity index (χ1v) is 7.96. The van der Waals surface area contributed by atoms with Crippen LogP contribution in [0.15, 0.2) is 23.8 Å². The lowest BCUT2D eigenvalue weighted by atomic mass is 9.76. The molecule has 1 aromatic rings. The van der Waals surface area contributed by atoms with Gasteiger partial charge >= 0.3 is 0 Å². The number of likely N-dealkylation sites (N-methyl/N-ethyl adjacent to an activating group) is 1. The number of nitrogens with zero attached hydrogens (tertiary/aromatic N) is 1. The summed E-state index contributed by atoms with van der Waals surface area (Å²) in [5.74, 6) is 2.98. The predicted molar refractivity (Wildman–Crippen MR) is 83.0 cm³/mol. The van der Waals surface area contributed by atoms with E-state index in [9.17, 15) is 0 Å². The number of benzene rings is 1. The van der Waals surface area contributed by atoms with Gasteiger partial charge in [-0.2, -0.15) is 0 Å². The van der Waals surface area contributed by atoms with E-state index < -0.39 is 0 Å². The topological polar surface area (TPSA) is 21.7 Å². The predicted octanol–water partition coefficient (Wildman–Crippen LogP) is 3.34. The zero-order valence-electron chi connectivity index (χ0n) is 13.1. The molecular weight excluding hydrogens is 262 g/mol. The largest absolute Gasteiger partial charge is 0.493 e. The molecule has 0 bridgehead atoms. The van der Waals surface area contributed by atoms with Crippen LogP contribution >= 0.6 is 0 Å². The summed E-state index contributed by atoms with van der Waals surface area (Å²) in [4.78, 5) is 2.42. The lowest BCUT2D eigenvalue weighted by Crippen LogP contribution is -2.30. The Morgan fingerprint density at radius 2 is 2.19 bits per heavy atom. The second-order valence-electron chi connectivity index (χ2n) is 6.62. The molecule has 112 valence electrons. The molecule has 0 fully saturated rings. The lowest BCUT2D eigenvalue weighted by molar-refractivity contribution is 0.169. The van der Waals surface area contributed by atoms with Crippen LogP contribution in [0, 0.1) is 5.92 Å². The van der Waals surface area contributed by atoms with Gasteiger partial charge in [-0.1, -0.05) is 19.1 Å². The summed E-state index contributed by atoms with van der Waals surface area (Å²) in [6.07, 6.45) is 5.14. The van der Waals surface area contributed by atoms with Crippen molar-refractivity contribution in [3.8, 4) is 11.5 Å². The summed E-state index contributed by atoms with van der Waals surface area (Å²) >= 11 is 0. The average molecular weight is 285 g/mol. The van der Waals surface area contributed by atoms with E-state index in [0.29, 0.717) is 17.9 Å². The van der Waals surface area contributed by atoms with Crippen LogP contribution in [0.25, 0.3) is 0 Å². The summed E-state index contributed by atoms with van der Waals surface area (Å²) in [5.41, 5.74) is 4.34. The lowest BCUT2D eigenvalue weighted by Gasteiger charge is -2.31. The summed E-state index contributed by atoms with van der Waals surface area (Å²) < 4.78 is 11.9. The normalized spacial score (nSPS) is 30.2. The highest BCUT2D eigenvalue weighted by molar-refractivity contribution is 5.59. The fourth-order valence-electron chi connectivity index (χ4n) is 4.26. The molecule has 2 heterocycles. The van der Waals surface area contributed by atoms with E-state index in [0.717, 1.165) is 31.0 Å². The van der Waals surface area contributed by atoms with Crippen LogP contribution in [0.5, 0.6) is 11.5 Å². The number of methoxy groups -OCH3 is 1. The summed E-state index contributed by atoms with van der Waals surface area (Å²) in [7, 11) is 3.95. The Bertz CT molecular complexity index is 607. The van der Waals surface area contributed by atoms with Crippen LogP contribution in [-0.2, 0) is 6.54 Å². The quantitative estimate of drug-likeness (QED) is 0.778. The molecule has 1 aromatic carbocycles. The van der Waals surface area contributed by atoms with Crippen molar-refractivity contribution in [1.29, 1.82) is 0 Å². The van der Waals surface area contributed by atoms with Gasteiger partial charge in [0.2, 0.25) is 0 Å². The van der Waals surface area contributed by atoms with Gasteiger partial charge in [0, 0.05) is 24.6 Å². The third-order valence-corrected chi connectivity index (χ3v) is 5.22. The van der Waals surface area contributed by atoms with Crippen molar-refractivity contribution in [2.45, 2.75) is 38.3 Å². The van der Waals surface area contributed by atoms with E-state index in [1.807, 2.05) is 0 Å². The van der Waals surface area contributed by atoms with E-state index in [4.69, 9.17) is 9.47 Å². The third kappa shape index (κ3) is 1.90. The second kappa shape index (κ2) is 4.77. The van der Waals surface area contributed by atoms with Crippen LogP contribution in [0.4, 0.5) is 0 Å². The standard InChI is InChI=1S/C18H23NO2/c1-4-11-7-13-10-19(2)9-12-5-6-14(20-3)18-17(12)16(13)15(8-11)21-18/h5-7,11,15-16H,4,8-10H2,1-3H3. The molecule has 0 aromatic heterocycles. The fraction of sp³-hybridized carbons (Fsp3) is 0.556. The monoisotopic (exact) mass is 285 g/mol. The molecule has 3 unspecified atom stereocenters. The summed E-state index contributed by atoms with van der Waals surface area (Å²) in [5, 5.41) is 0. The number of hydrogen-bond acceptors (Lipinski definition) is 3. The van der Waals surface area contributed by atoms with Crippen molar-refractivity contribution in [3.05, 3.63) is 34.9 Å². The highest BCUT2D eigenvalue weighted by atomic mass is 16.5. The molecule has 0 saturated heterocycles. The van der Waals surface area contributed by atoms with Crippen LogP contribution in [0.1, 0.15) is 36.8 Å². The van der Waals surface area contributed by atoms with Gasteiger partial charge in [0.25, 0.3) is 0 Å². The first-order chi connectivity index (χ1) is 10.2. The minimum atomic E-state index is 0.298. The minimum absolute atomic E-state index is 0.298. The smallest absolute Gasteiger partial charge is 0.165 e. The molecule has 4 rings (SSSR count). The molecule has 3 atom stereocenters. The van der Waals surface area contributed by atoms with Gasteiger partial charge in [-0.05, 0) is 43.0 Å². The zero-order chi connectivity index (χ0) is 14.6. The van der Waals surface area contributed by atoms with Crippen molar-refractivity contribution in [2.75, 3.05) is 20.7 Å². The van der Waals surface area contributed by atoms with E-state index >= 15 is 0 Å². The van der Waals surface area contributed by atoms with Crippen LogP contribution in [0.3, 0.4) is 0 Å². The molecule has 21 heavy (non-hydrogen) atoms. The third-order valence-electron chi connectivity index (χ3n) is 5.22. The Labute approximate surface area is 126 Å². The Kier molecular flexibility index (Phi) is 3.00. The minimum Gasteiger partial charge on any atom is -0.493 e. The van der Waals surface area contributed by atoms with Crippen molar-refractivity contribution in [3.63, 3.8) is 0 Å². The number of rotatable bonds is 2. The molecule has 3 nitrogen and oxygen atoms in total. The number of hydrogen-bond donors (Lipinski definition) is 0. The first kappa shape index (κ1) is 13.2. The maximum atomic E-state index is 6.36. The van der Waals surface area contributed by atoms with Crippen molar-refractivity contribution >= 4 is 0 Å². The second-order valence-corrected chi connectivity index (χ2v) is 6.62. The molecule has 0 N–H and O–H groups in total. The molecule has 0 amide bonds. The average Bonchev–Trinajstić information content (AvgIpc) is 2.79. The van der Waals surface area contributed by atoms with Crippen molar-refractivity contribution in [2.24, 2.45) is 5.92 Å². The number of ether oxygens (including phenoxy) is 2. The maximum Gasteiger partial charge on any atom is 0.165 e. The van der Waals surface area contributed by atoms with Gasteiger partial charge in [0.1, 0.15) is 6.10 Å². The van der Waals surface area contributed by atoms with Gasteiger partial charge in [0.05, 0.1) is 7.11 Å². The Morgan fingerprint density at radius 1 is 1.33 bits per heavy atom. The summed E-state index contributed by atoms with van der Waals surface area (Å²) in [6, 6.07) is 4.28. The highest BCUT2D eigenvalue weighted by Gasteiger charge is 2.44. The van der Waals surface area contributed by atoms with Crippen molar-refractivity contribution in [1.82, 2.24) is 4.90 Å². The van der Waals surface area contributed by atoms with E-state index in [-0.39, 0.29) is 0 Å². The van der Waals surface area contributed by atoms with Gasteiger partial charge < -0.3 is 9.47 Å². The van der Waals surface area contributed by atoms with E-state index in [1.165, 1.54) is 17.5 Å². The zero-order valence-corrected chi connectivity index (χ0v) is 13.1. The van der Waals surface area contributed by atoms with Gasteiger partial charge in [-0.25, -0.2) is 0 Å². The van der Waals surface area contributed by atoms with Crippen LogP contribution in [-0.4, -0.2) is 31.7 Å². The van der Waals surface area contributed by atoms with Crippen LogP contribution in [0.2, 0.25) is 0 Å². The fourth-order valence-corrected chi connectivity index (χ4v) is 4.26.